The summed E-state index contributed by atoms with van der Waals surface area (Å²) in [5, 5.41) is 0. The lowest BCUT2D eigenvalue weighted by Crippen LogP contribution is -2.63. The molecule has 0 N–H and O–H groups in total. The van der Waals surface area contributed by atoms with E-state index in [1.165, 1.54) is 0 Å². The molecule has 1 aliphatic rings. The number of benzene rings is 1. The molecule has 5 atom stereocenters. The molecule has 1 fully saturated rings. The fraction of sp³-hybridized carbons (Fsp3) is 0.500. The molecule has 1 saturated heterocycles. The lowest BCUT2D eigenvalue weighted by molar-refractivity contribution is -0.299. The average Bonchev–Trinajstić information content (AvgIpc) is 2.68. The summed E-state index contributed by atoms with van der Waals surface area (Å²) < 4.78 is 31.8. The Morgan fingerprint density at radius 2 is 1.40 bits per heavy atom. The van der Waals surface area contributed by atoms with Gasteiger partial charge >= 0.3 is 23.9 Å². The first-order chi connectivity index (χ1) is 14.2. The topological polar surface area (TPSA) is 124 Å². The van der Waals surface area contributed by atoms with Crippen LogP contribution in [0.15, 0.2) is 30.3 Å². The molecule has 1 aromatic rings. The van der Waals surface area contributed by atoms with Gasteiger partial charge in [-0.25, -0.2) is 4.79 Å². The molecule has 0 radical (unpaired) electrons. The highest BCUT2D eigenvalue weighted by Crippen LogP contribution is 2.30. The van der Waals surface area contributed by atoms with Gasteiger partial charge in [0.2, 0.25) is 6.29 Å². The lowest BCUT2D eigenvalue weighted by Gasteiger charge is -2.43. The van der Waals surface area contributed by atoms with E-state index in [2.05, 4.69) is 0 Å². The molecule has 164 valence electrons. The van der Waals surface area contributed by atoms with Gasteiger partial charge in [-0.2, -0.15) is 0 Å². The number of rotatable bonds is 7. The molecule has 1 aliphatic heterocycles. The van der Waals surface area contributed by atoms with Gasteiger partial charge in [-0.05, 0) is 5.56 Å². The van der Waals surface area contributed by atoms with Crippen LogP contribution in [-0.2, 0) is 54.2 Å². The van der Waals surface area contributed by atoms with E-state index in [0.29, 0.717) is 0 Å². The maximum Gasteiger partial charge on any atom is 0.339 e. The molecule has 30 heavy (non-hydrogen) atoms. The SMILES string of the molecule is COC(=O)[C@@H]1O[C@@H](OC(C)=O)[C@H](OC(C)=O)[C@@H](OCc2ccccc2)[C@@H]1OC(C)=O. The number of ether oxygens (including phenoxy) is 6. The lowest BCUT2D eigenvalue weighted by atomic mass is 9.97. The van der Waals surface area contributed by atoms with Crippen molar-refractivity contribution in [2.24, 2.45) is 0 Å². The second-order valence-electron chi connectivity index (χ2n) is 6.47. The van der Waals surface area contributed by atoms with E-state index in [4.69, 9.17) is 28.4 Å². The number of methoxy groups -OCH3 is 1. The summed E-state index contributed by atoms with van der Waals surface area (Å²) in [6.07, 6.45) is -6.78. The minimum atomic E-state index is -1.48. The Bertz CT molecular complexity index is 762. The standard InChI is InChI=1S/C20H24O10/c1-11(21)27-16-15(26-10-14-8-6-5-7-9-14)18(28-12(2)22)20(29-13(3)23)30-17(16)19(24)25-4/h5-9,15-18,20H,10H2,1-4H3/t15-,16-,17+,18+,20+/m0/s1. The molecular formula is C20H24O10. The van der Waals surface area contributed by atoms with Crippen LogP contribution in [0, 0.1) is 0 Å². The third kappa shape index (κ3) is 6.26. The predicted octanol–water partition coefficient (Wildman–Crippen LogP) is 0.896. The van der Waals surface area contributed by atoms with Crippen LogP contribution in [0.2, 0.25) is 0 Å². The van der Waals surface area contributed by atoms with Crippen LogP contribution in [0.4, 0.5) is 0 Å². The number of hydrogen-bond donors (Lipinski definition) is 0. The zero-order valence-electron chi connectivity index (χ0n) is 17.1. The Kier molecular flexibility index (Phi) is 8.31. The van der Waals surface area contributed by atoms with E-state index in [1.54, 1.807) is 24.3 Å². The molecule has 1 heterocycles. The van der Waals surface area contributed by atoms with Crippen molar-refractivity contribution >= 4 is 23.9 Å². The normalized spacial score (nSPS) is 25.7. The van der Waals surface area contributed by atoms with Crippen molar-refractivity contribution in [3.05, 3.63) is 35.9 Å². The number of carbonyl (C=O) groups excluding carboxylic acids is 4. The molecule has 10 nitrogen and oxygen atoms in total. The van der Waals surface area contributed by atoms with Gasteiger partial charge in [0.25, 0.3) is 0 Å². The first kappa shape index (κ1) is 23.3. The van der Waals surface area contributed by atoms with Crippen molar-refractivity contribution in [1.29, 1.82) is 0 Å². The van der Waals surface area contributed by atoms with Crippen molar-refractivity contribution in [3.63, 3.8) is 0 Å². The fourth-order valence-electron chi connectivity index (χ4n) is 2.97. The molecule has 0 aromatic heterocycles. The first-order valence-electron chi connectivity index (χ1n) is 9.13. The van der Waals surface area contributed by atoms with Crippen LogP contribution in [-0.4, -0.2) is 61.7 Å². The summed E-state index contributed by atoms with van der Waals surface area (Å²) >= 11 is 0. The number of esters is 4. The quantitative estimate of drug-likeness (QED) is 0.460. The summed E-state index contributed by atoms with van der Waals surface area (Å²) in [5.74, 6) is -3.06. The molecule has 0 spiro atoms. The van der Waals surface area contributed by atoms with Gasteiger partial charge in [0.05, 0.1) is 13.7 Å². The van der Waals surface area contributed by atoms with E-state index in [9.17, 15) is 19.2 Å². The summed E-state index contributed by atoms with van der Waals surface area (Å²) in [6, 6.07) is 9.01. The molecule has 10 heteroatoms. The van der Waals surface area contributed by atoms with Crippen LogP contribution in [0.5, 0.6) is 0 Å². The average molecular weight is 424 g/mol. The third-order valence-corrected chi connectivity index (χ3v) is 4.10. The highest BCUT2D eigenvalue weighted by atomic mass is 16.7. The van der Waals surface area contributed by atoms with E-state index in [0.717, 1.165) is 33.4 Å². The summed E-state index contributed by atoms with van der Waals surface area (Å²) in [4.78, 5) is 47.2. The van der Waals surface area contributed by atoms with Crippen molar-refractivity contribution in [1.82, 2.24) is 0 Å². The Morgan fingerprint density at radius 3 is 1.93 bits per heavy atom. The fourth-order valence-corrected chi connectivity index (χ4v) is 2.97. The predicted molar refractivity (Wildman–Crippen MR) is 98.6 cm³/mol. The smallest absolute Gasteiger partial charge is 0.339 e. The van der Waals surface area contributed by atoms with Crippen LogP contribution in [0.1, 0.15) is 26.3 Å². The van der Waals surface area contributed by atoms with Gasteiger partial charge in [-0.15, -0.1) is 0 Å². The second kappa shape index (κ2) is 10.7. The van der Waals surface area contributed by atoms with E-state index < -0.39 is 54.6 Å². The number of carbonyl (C=O) groups is 4. The second-order valence-corrected chi connectivity index (χ2v) is 6.47. The van der Waals surface area contributed by atoms with E-state index in [1.807, 2.05) is 6.07 Å². The van der Waals surface area contributed by atoms with Gasteiger partial charge in [0.15, 0.2) is 18.3 Å². The van der Waals surface area contributed by atoms with Crippen LogP contribution in [0.25, 0.3) is 0 Å². The highest BCUT2D eigenvalue weighted by Gasteiger charge is 2.54. The van der Waals surface area contributed by atoms with Crippen molar-refractivity contribution in [2.45, 2.75) is 58.1 Å². The van der Waals surface area contributed by atoms with E-state index >= 15 is 0 Å². The van der Waals surface area contributed by atoms with Crippen LogP contribution in [0.3, 0.4) is 0 Å². The van der Waals surface area contributed by atoms with Gasteiger partial charge in [0, 0.05) is 20.8 Å². The molecule has 0 amide bonds. The largest absolute Gasteiger partial charge is 0.467 e. The molecule has 2 rings (SSSR count). The Balaban J connectivity index is 2.42. The summed E-state index contributed by atoms with van der Waals surface area (Å²) in [6.45, 7) is 3.44. The van der Waals surface area contributed by atoms with Gasteiger partial charge in [0.1, 0.15) is 6.10 Å². The molecular weight excluding hydrogens is 400 g/mol. The molecule has 0 aliphatic carbocycles. The molecule has 1 aromatic carbocycles. The number of hydrogen-bond acceptors (Lipinski definition) is 10. The first-order valence-corrected chi connectivity index (χ1v) is 9.13. The Labute approximate surface area is 173 Å². The molecule has 0 bridgehead atoms. The molecule has 0 saturated carbocycles. The maximum atomic E-state index is 12.3. The summed E-state index contributed by atoms with van der Waals surface area (Å²) in [5.41, 5.74) is 0.769. The minimum absolute atomic E-state index is 0.0295. The van der Waals surface area contributed by atoms with Gasteiger partial charge < -0.3 is 28.4 Å². The van der Waals surface area contributed by atoms with Crippen LogP contribution >= 0.6 is 0 Å². The van der Waals surface area contributed by atoms with Crippen molar-refractivity contribution in [2.75, 3.05) is 7.11 Å². The van der Waals surface area contributed by atoms with Gasteiger partial charge in [-0.3, -0.25) is 14.4 Å². The van der Waals surface area contributed by atoms with Crippen LogP contribution < -0.4 is 0 Å². The van der Waals surface area contributed by atoms with E-state index in [-0.39, 0.29) is 6.61 Å². The third-order valence-electron chi connectivity index (χ3n) is 4.10. The van der Waals surface area contributed by atoms with Crippen molar-refractivity contribution in [3.8, 4) is 0 Å². The molecule has 0 unspecified atom stereocenters. The summed E-state index contributed by atoms with van der Waals surface area (Å²) in [7, 11) is 1.12. The Morgan fingerprint density at radius 1 is 0.833 bits per heavy atom. The minimum Gasteiger partial charge on any atom is -0.467 e. The zero-order valence-corrected chi connectivity index (χ0v) is 17.1. The zero-order chi connectivity index (χ0) is 22.3. The maximum absolute atomic E-state index is 12.3. The monoisotopic (exact) mass is 424 g/mol. The highest BCUT2D eigenvalue weighted by molar-refractivity contribution is 5.77. The van der Waals surface area contributed by atoms with Gasteiger partial charge in [-0.1, -0.05) is 30.3 Å². The Hall–Kier alpha value is -2.98. The van der Waals surface area contributed by atoms with Crippen molar-refractivity contribution < 1.29 is 47.6 Å².